The van der Waals surface area contributed by atoms with E-state index in [9.17, 15) is 4.79 Å². The number of hydrogen-bond acceptors (Lipinski definition) is 5. The molecule has 1 aliphatic heterocycles. The standard InChI is InChI=1S/C22H19N5O2/c28-21-16-8-4-5-9-17(16)22(29-21)12-10-14(11-13-22)18-23-19-20(24-18)26-27(25-19)15-6-2-1-3-7-15/h1-9,14H,10-13H2,(H,23,24,25,26). The van der Waals surface area contributed by atoms with Crippen LogP contribution < -0.4 is 0 Å². The molecular formula is C22H19N5O2. The zero-order valence-corrected chi connectivity index (χ0v) is 15.7. The summed E-state index contributed by atoms with van der Waals surface area (Å²) in [5.41, 5.74) is 3.50. The SMILES string of the molecule is O=C1OC2(CCC(c3nc4nn(-c5ccccc5)nc4[nH]3)CC2)c2ccccc21. The van der Waals surface area contributed by atoms with Crippen LogP contribution in [0.3, 0.4) is 0 Å². The first-order chi connectivity index (χ1) is 14.2. The fourth-order valence-electron chi connectivity index (χ4n) is 4.66. The summed E-state index contributed by atoms with van der Waals surface area (Å²) in [5, 5.41) is 9.03. The number of imidazole rings is 1. The van der Waals surface area contributed by atoms with E-state index in [0.717, 1.165) is 42.8 Å². The number of carbonyl (C=O) groups excluding carboxylic acids is 1. The summed E-state index contributed by atoms with van der Waals surface area (Å²) < 4.78 is 5.86. The highest BCUT2D eigenvalue weighted by Gasteiger charge is 2.47. The molecule has 0 saturated heterocycles. The molecule has 4 aromatic rings. The van der Waals surface area contributed by atoms with Crippen LogP contribution in [0.25, 0.3) is 17.0 Å². The fraction of sp³-hybridized carbons (Fsp3) is 0.273. The van der Waals surface area contributed by atoms with Gasteiger partial charge in [-0.1, -0.05) is 36.4 Å². The quantitative estimate of drug-likeness (QED) is 0.530. The predicted octanol–water partition coefficient (Wildman–Crippen LogP) is 3.87. The number of rotatable bonds is 2. The van der Waals surface area contributed by atoms with E-state index >= 15 is 0 Å². The van der Waals surface area contributed by atoms with Gasteiger partial charge in [-0.05, 0) is 43.9 Å². The zero-order chi connectivity index (χ0) is 19.4. The van der Waals surface area contributed by atoms with Crippen LogP contribution in [0.15, 0.2) is 54.6 Å². The Morgan fingerprint density at radius 3 is 2.55 bits per heavy atom. The molecule has 0 bridgehead atoms. The minimum atomic E-state index is -0.474. The first-order valence-corrected chi connectivity index (χ1v) is 9.93. The Balaban J connectivity index is 1.24. The monoisotopic (exact) mass is 385 g/mol. The molecule has 0 atom stereocenters. The summed E-state index contributed by atoms with van der Waals surface area (Å²) in [7, 11) is 0. The molecule has 0 radical (unpaired) electrons. The van der Waals surface area contributed by atoms with Crippen molar-refractivity contribution in [2.45, 2.75) is 37.2 Å². The van der Waals surface area contributed by atoms with Gasteiger partial charge in [0.25, 0.3) is 0 Å². The summed E-state index contributed by atoms with van der Waals surface area (Å²) in [6, 6.07) is 17.5. The molecule has 7 heteroatoms. The van der Waals surface area contributed by atoms with Crippen LogP contribution in [0.5, 0.6) is 0 Å². The van der Waals surface area contributed by atoms with E-state index in [1.54, 1.807) is 4.80 Å². The van der Waals surface area contributed by atoms with E-state index in [1.165, 1.54) is 0 Å². The van der Waals surface area contributed by atoms with Crippen LogP contribution in [0.2, 0.25) is 0 Å². The smallest absolute Gasteiger partial charge is 0.339 e. The maximum atomic E-state index is 12.3. The van der Waals surface area contributed by atoms with Crippen molar-refractivity contribution in [3.05, 3.63) is 71.5 Å². The van der Waals surface area contributed by atoms with Gasteiger partial charge < -0.3 is 9.72 Å². The maximum Gasteiger partial charge on any atom is 0.339 e. The number of aromatic nitrogens is 5. The third-order valence-electron chi connectivity index (χ3n) is 6.16. The van der Waals surface area contributed by atoms with E-state index in [0.29, 0.717) is 16.9 Å². The van der Waals surface area contributed by atoms with E-state index < -0.39 is 5.60 Å². The van der Waals surface area contributed by atoms with Crippen molar-refractivity contribution in [2.24, 2.45) is 0 Å². The number of carbonyl (C=O) groups is 1. The molecule has 1 N–H and O–H groups in total. The molecule has 0 amide bonds. The Morgan fingerprint density at radius 2 is 1.76 bits per heavy atom. The molecule has 144 valence electrons. The maximum absolute atomic E-state index is 12.3. The van der Waals surface area contributed by atoms with Crippen molar-refractivity contribution in [3.8, 4) is 5.69 Å². The Morgan fingerprint density at radius 1 is 1.00 bits per heavy atom. The number of benzene rings is 2. The number of fused-ring (bicyclic) bond motifs is 3. The number of aromatic amines is 1. The lowest BCUT2D eigenvalue weighted by Gasteiger charge is -2.35. The van der Waals surface area contributed by atoms with Crippen LogP contribution in [0.1, 0.15) is 53.3 Å². The van der Waals surface area contributed by atoms with Crippen molar-refractivity contribution in [3.63, 3.8) is 0 Å². The first-order valence-electron chi connectivity index (χ1n) is 9.93. The lowest BCUT2D eigenvalue weighted by Crippen LogP contribution is -2.31. The second kappa shape index (κ2) is 6.01. The van der Waals surface area contributed by atoms with Crippen molar-refractivity contribution in [1.82, 2.24) is 25.0 Å². The summed E-state index contributed by atoms with van der Waals surface area (Å²) in [6.07, 6.45) is 3.40. The lowest BCUT2D eigenvalue weighted by atomic mass is 9.75. The molecule has 1 fully saturated rings. The van der Waals surface area contributed by atoms with Gasteiger partial charge in [-0.15, -0.1) is 15.0 Å². The Hall–Kier alpha value is -3.48. The summed E-state index contributed by atoms with van der Waals surface area (Å²) in [4.78, 5) is 21.9. The molecule has 2 aromatic heterocycles. The summed E-state index contributed by atoms with van der Waals surface area (Å²) in [5.74, 6) is 1.01. The Labute approximate surface area is 166 Å². The van der Waals surface area contributed by atoms with Crippen LogP contribution in [-0.4, -0.2) is 30.9 Å². The van der Waals surface area contributed by atoms with Crippen LogP contribution in [0.4, 0.5) is 0 Å². The summed E-state index contributed by atoms with van der Waals surface area (Å²) in [6.45, 7) is 0. The molecule has 2 aromatic carbocycles. The van der Waals surface area contributed by atoms with Crippen molar-refractivity contribution >= 4 is 17.3 Å². The minimum absolute atomic E-state index is 0.199. The van der Waals surface area contributed by atoms with Gasteiger partial charge in [-0.25, -0.2) is 9.78 Å². The number of nitrogens with zero attached hydrogens (tertiary/aromatic N) is 4. The number of para-hydroxylation sites is 1. The average molecular weight is 385 g/mol. The molecule has 0 unspecified atom stereocenters. The summed E-state index contributed by atoms with van der Waals surface area (Å²) >= 11 is 0. The normalized spacial score (nSPS) is 23.4. The first kappa shape index (κ1) is 16.5. The third-order valence-corrected chi connectivity index (χ3v) is 6.16. The van der Waals surface area contributed by atoms with E-state index in [4.69, 9.17) is 9.72 Å². The van der Waals surface area contributed by atoms with Crippen LogP contribution in [0, 0.1) is 0 Å². The highest BCUT2D eigenvalue weighted by Crippen LogP contribution is 2.49. The number of H-pyrrole nitrogens is 1. The molecule has 1 aliphatic carbocycles. The van der Waals surface area contributed by atoms with E-state index in [2.05, 4.69) is 15.2 Å². The molecule has 1 spiro atoms. The number of esters is 1. The molecular weight excluding hydrogens is 366 g/mol. The highest BCUT2D eigenvalue weighted by molar-refractivity contribution is 5.94. The van der Waals surface area contributed by atoms with Gasteiger partial charge >= 0.3 is 5.97 Å². The topological polar surface area (TPSA) is 85.7 Å². The predicted molar refractivity (Wildman–Crippen MR) is 106 cm³/mol. The van der Waals surface area contributed by atoms with Crippen LogP contribution in [-0.2, 0) is 10.3 Å². The second-order valence-corrected chi connectivity index (χ2v) is 7.82. The second-order valence-electron chi connectivity index (χ2n) is 7.82. The minimum Gasteiger partial charge on any atom is -0.451 e. The third kappa shape index (κ3) is 2.50. The van der Waals surface area contributed by atoms with E-state index in [1.807, 2.05) is 54.6 Å². The molecule has 7 nitrogen and oxygen atoms in total. The van der Waals surface area contributed by atoms with Crippen molar-refractivity contribution in [1.29, 1.82) is 0 Å². The van der Waals surface area contributed by atoms with Gasteiger partial charge in [-0.3, -0.25) is 0 Å². The largest absolute Gasteiger partial charge is 0.451 e. The number of ether oxygens (including phenoxy) is 1. The Kier molecular flexibility index (Phi) is 3.41. The molecule has 1 saturated carbocycles. The van der Waals surface area contributed by atoms with Gasteiger partial charge in [0, 0.05) is 11.5 Å². The number of nitrogens with one attached hydrogen (secondary N) is 1. The molecule has 2 aliphatic rings. The van der Waals surface area contributed by atoms with Gasteiger partial charge in [0.15, 0.2) is 0 Å². The molecule has 3 heterocycles. The van der Waals surface area contributed by atoms with Gasteiger partial charge in [0.05, 0.1) is 11.3 Å². The average Bonchev–Trinajstić information content (AvgIpc) is 3.41. The Bertz CT molecular complexity index is 1190. The number of hydrogen-bond donors (Lipinski definition) is 1. The van der Waals surface area contributed by atoms with E-state index in [-0.39, 0.29) is 11.9 Å². The highest BCUT2D eigenvalue weighted by atomic mass is 16.6. The zero-order valence-electron chi connectivity index (χ0n) is 15.7. The lowest BCUT2D eigenvalue weighted by molar-refractivity contribution is -0.0312. The van der Waals surface area contributed by atoms with Gasteiger partial charge in [-0.2, -0.15) is 0 Å². The fourth-order valence-corrected chi connectivity index (χ4v) is 4.66. The van der Waals surface area contributed by atoms with Crippen molar-refractivity contribution < 1.29 is 9.53 Å². The van der Waals surface area contributed by atoms with Crippen molar-refractivity contribution in [2.75, 3.05) is 0 Å². The molecule has 29 heavy (non-hydrogen) atoms. The van der Waals surface area contributed by atoms with Gasteiger partial charge in [0.2, 0.25) is 11.3 Å². The molecule has 6 rings (SSSR count). The van der Waals surface area contributed by atoms with Crippen LogP contribution >= 0.6 is 0 Å². The van der Waals surface area contributed by atoms with Gasteiger partial charge in [0.1, 0.15) is 11.4 Å².